The summed E-state index contributed by atoms with van der Waals surface area (Å²) in [6.45, 7) is 1.10. The van der Waals surface area contributed by atoms with E-state index in [0.717, 1.165) is 36.0 Å². The molecule has 4 rings (SSSR count). The smallest absolute Gasteiger partial charge is 0.453 e. The van der Waals surface area contributed by atoms with Crippen molar-refractivity contribution in [1.82, 2.24) is 5.32 Å². The van der Waals surface area contributed by atoms with Crippen LogP contribution in [0, 0.1) is 11.3 Å². The fraction of sp³-hybridized carbons (Fsp3) is 0.292. The van der Waals surface area contributed by atoms with Crippen LogP contribution in [0.3, 0.4) is 0 Å². The Labute approximate surface area is 216 Å². The molecule has 1 amide bonds. The largest absolute Gasteiger partial charge is 0.573 e. The summed E-state index contributed by atoms with van der Waals surface area (Å²) in [4.78, 5) is 17.0. The molecule has 38 heavy (non-hydrogen) atoms. The van der Waals surface area contributed by atoms with Gasteiger partial charge >= 0.3 is 12.5 Å². The maximum atomic E-state index is 13.5. The topological polar surface area (TPSA) is 92.9 Å². The number of amidine groups is 1. The number of aliphatic imine (C=N–C) groups is 1. The Kier molecular flexibility index (Phi) is 7.89. The van der Waals surface area contributed by atoms with Crippen molar-refractivity contribution < 1.29 is 45.3 Å². The van der Waals surface area contributed by atoms with Crippen molar-refractivity contribution in [3.8, 4) is 23.3 Å². The molecule has 2 aliphatic rings. The first-order valence-corrected chi connectivity index (χ1v) is 11.8. The maximum absolute atomic E-state index is 13.5. The molecule has 2 heterocycles. The van der Waals surface area contributed by atoms with Gasteiger partial charge in [-0.1, -0.05) is 6.07 Å². The van der Waals surface area contributed by atoms with Crippen LogP contribution in [-0.2, 0) is 15.7 Å². The molecule has 1 N–H and O–H groups in total. The summed E-state index contributed by atoms with van der Waals surface area (Å²) in [5.41, 5.74) is -1.57. The lowest BCUT2D eigenvalue weighted by Crippen LogP contribution is -2.24. The van der Waals surface area contributed by atoms with E-state index in [1.807, 2.05) is 0 Å². The Balaban J connectivity index is 1.63. The quantitative estimate of drug-likeness (QED) is 0.358. The van der Waals surface area contributed by atoms with E-state index in [9.17, 15) is 31.1 Å². The molecule has 2 aromatic carbocycles. The lowest BCUT2D eigenvalue weighted by atomic mass is 10.1. The molecule has 0 unspecified atom stereocenters. The van der Waals surface area contributed by atoms with Gasteiger partial charge in [-0.15, -0.1) is 13.2 Å². The van der Waals surface area contributed by atoms with Crippen LogP contribution in [0.1, 0.15) is 29.5 Å². The number of nitriles is 1. The number of rotatable bonds is 5. The molecular weight excluding hydrogens is 540 g/mol. The second-order valence-electron chi connectivity index (χ2n) is 8.02. The summed E-state index contributed by atoms with van der Waals surface area (Å²) in [5, 5.41) is 11.8. The minimum atomic E-state index is -5.19. The summed E-state index contributed by atoms with van der Waals surface area (Å²) in [7, 11) is 0. The Bertz CT molecular complexity index is 1330. The molecule has 14 heteroatoms. The molecule has 0 atom stereocenters. The summed E-state index contributed by atoms with van der Waals surface area (Å²) in [5.74, 6) is -2.92. The molecule has 0 spiro atoms. The SMILES string of the molecule is N#Cc1ccc(Oc2ccc(/C=C3\SC(=NC4CCOCC4)NC3=O)cc2OC(F)(F)F)c(C(F)(F)F)c1. The third kappa shape index (κ3) is 6.99. The van der Waals surface area contributed by atoms with Crippen LogP contribution in [0.25, 0.3) is 6.08 Å². The van der Waals surface area contributed by atoms with Gasteiger partial charge in [0, 0.05) is 13.2 Å². The highest BCUT2D eigenvalue weighted by Crippen LogP contribution is 2.42. The Morgan fingerprint density at radius 1 is 1.05 bits per heavy atom. The Hall–Kier alpha value is -3.70. The second kappa shape index (κ2) is 11.0. The molecule has 0 saturated carbocycles. The highest BCUT2D eigenvalue weighted by atomic mass is 32.2. The Morgan fingerprint density at radius 3 is 2.42 bits per heavy atom. The molecule has 7 nitrogen and oxygen atoms in total. The van der Waals surface area contributed by atoms with Crippen molar-refractivity contribution in [3.63, 3.8) is 0 Å². The van der Waals surface area contributed by atoms with Gasteiger partial charge in [-0.05, 0) is 66.6 Å². The van der Waals surface area contributed by atoms with E-state index in [1.165, 1.54) is 12.1 Å². The Morgan fingerprint density at radius 2 is 1.76 bits per heavy atom. The zero-order chi connectivity index (χ0) is 27.5. The summed E-state index contributed by atoms with van der Waals surface area (Å²) in [6, 6.07) is 7.03. The zero-order valence-electron chi connectivity index (χ0n) is 19.2. The van der Waals surface area contributed by atoms with Crippen molar-refractivity contribution in [2.75, 3.05) is 13.2 Å². The number of carbonyl (C=O) groups is 1. The van der Waals surface area contributed by atoms with Gasteiger partial charge in [-0.3, -0.25) is 9.79 Å². The van der Waals surface area contributed by atoms with Gasteiger partial charge in [-0.25, -0.2) is 0 Å². The third-order valence-corrected chi connectivity index (χ3v) is 6.19. The van der Waals surface area contributed by atoms with E-state index in [1.54, 1.807) is 6.07 Å². The van der Waals surface area contributed by atoms with Crippen molar-refractivity contribution in [2.45, 2.75) is 31.4 Å². The predicted molar refractivity (Wildman–Crippen MR) is 124 cm³/mol. The zero-order valence-corrected chi connectivity index (χ0v) is 20.0. The highest BCUT2D eigenvalue weighted by molar-refractivity contribution is 8.18. The van der Waals surface area contributed by atoms with E-state index >= 15 is 0 Å². The van der Waals surface area contributed by atoms with Crippen molar-refractivity contribution in [3.05, 3.63) is 58.0 Å². The number of hydrogen-bond donors (Lipinski definition) is 1. The second-order valence-corrected chi connectivity index (χ2v) is 9.05. The molecule has 2 fully saturated rings. The van der Waals surface area contributed by atoms with Crippen LogP contribution < -0.4 is 14.8 Å². The van der Waals surface area contributed by atoms with Gasteiger partial charge in [-0.2, -0.15) is 18.4 Å². The fourth-order valence-electron chi connectivity index (χ4n) is 3.55. The summed E-state index contributed by atoms with van der Waals surface area (Å²) in [6.07, 6.45) is -7.47. The highest BCUT2D eigenvalue weighted by Gasteiger charge is 2.36. The molecular formula is C24H17F6N3O4S. The van der Waals surface area contributed by atoms with Crippen LogP contribution in [-0.4, -0.2) is 36.7 Å². The molecule has 0 radical (unpaired) electrons. The standard InChI is InChI=1S/C24H17F6N3O4S/c25-23(26,27)16-9-14(12-31)2-3-17(16)36-18-4-1-13(10-19(18)37-24(28,29)30)11-20-21(34)33-22(38-20)32-15-5-7-35-8-6-15/h1-4,9-11,15H,5-8H2,(H,32,33,34)/b20-11-. The first-order valence-electron chi connectivity index (χ1n) is 11.0. The first kappa shape index (κ1) is 27.3. The fourth-order valence-corrected chi connectivity index (χ4v) is 4.44. The molecule has 2 aromatic rings. The van der Waals surface area contributed by atoms with E-state index in [-0.39, 0.29) is 22.1 Å². The van der Waals surface area contributed by atoms with Crippen molar-refractivity contribution >= 4 is 28.9 Å². The lowest BCUT2D eigenvalue weighted by molar-refractivity contribution is -0.275. The van der Waals surface area contributed by atoms with Crippen LogP contribution in [0.15, 0.2) is 46.3 Å². The van der Waals surface area contributed by atoms with Crippen molar-refractivity contribution in [2.24, 2.45) is 4.99 Å². The minimum absolute atomic E-state index is 0.0297. The lowest BCUT2D eigenvalue weighted by Gasteiger charge is -2.18. The number of hydrogen-bond acceptors (Lipinski definition) is 7. The normalized spacial score (nSPS) is 18.9. The summed E-state index contributed by atoms with van der Waals surface area (Å²) >= 11 is 1.01. The van der Waals surface area contributed by atoms with Gasteiger partial charge in [0.1, 0.15) is 5.75 Å². The molecule has 0 bridgehead atoms. The van der Waals surface area contributed by atoms with Crippen LogP contribution in [0.4, 0.5) is 26.3 Å². The number of benzene rings is 2. The van der Waals surface area contributed by atoms with E-state index < -0.39 is 41.3 Å². The summed E-state index contributed by atoms with van der Waals surface area (Å²) < 4.78 is 94.2. The molecule has 0 aliphatic carbocycles. The average Bonchev–Trinajstić information content (AvgIpc) is 3.18. The van der Waals surface area contributed by atoms with Crippen LogP contribution >= 0.6 is 11.8 Å². The number of nitrogens with zero attached hydrogens (tertiary/aromatic N) is 2. The minimum Gasteiger partial charge on any atom is -0.453 e. The van der Waals surface area contributed by atoms with Gasteiger partial charge in [0.15, 0.2) is 16.7 Å². The van der Waals surface area contributed by atoms with Gasteiger partial charge in [0.25, 0.3) is 5.91 Å². The van der Waals surface area contributed by atoms with Crippen molar-refractivity contribution in [1.29, 1.82) is 5.26 Å². The molecule has 200 valence electrons. The molecule has 2 saturated heterocycles. The monoisotopic (exact) mass is 557 g/mol. The van der Waals surface area contributed by atoms with Crippen LogP contribution in [0.5, 0.6) is 17.2 Å². The number of halogens is 6. The number of thioether (sulfide) groups is 1. The van der Waals surface area contributed by atoms with Gasteiger partial charge in [0.05, 0.1) is 28.1 Å². The third-order valence-electron chi connectivity index (χ3n) is 5.27. The van der Waals surface area contributed by atoms with E-state index in [2.05, 4.69) is 15.0 Å². The average molecular weight is 557 g/mol. The predicted octanol–water partition coefficient (Wildman–Crippen LogP) is 6.01. The maximum Gasteiger partial charge on any atom is 0.573 e. The molecule has 0 aromatic heterocycles. The first-order chi connectivity index (χ1) is 17.9. The molecule has 2 aliphatic heterocycles. The number of carbonyl (C=O) groups excluding carboxylic acids is 1. The van der Waals surface area contributed by atoms with E-state index in [0.29, 0.717) is 37.3 Å². The van der Waals surface area contributed by atoms with E-state index in [4.69, 9.17) is 14.7 Å². The number of amides is 1. The number of ether oxygens (including phenoxy) is 3. The van der Waals surface area contributed by atoms with Gasteiger partial charge < -0.3 is 19.5 Å². The van der Waals surface area contributed by atoms with Gasteiger partial charge in [0.2, 0.25) is 0 Å². The number of alkyl halides is 6. The van der Waals surface area contributed by atoms with Crippen LogP contribution in [0.2, 0.25) is 0 Å². The number of nitrogens with one attached hydrogen (secondary N) is 1.